The molecule has 32 heavy (non-hydrogen) atoms. The zero-order chi connectivity index (χ0) is 22.9. The molecule has 0 aliphatic rings. The summed E-state index contributed by atoms with van der Waals surface area (Å²) in [7, 11) is 1.47. The number of halogens is 1. The molecule has 0 aliphatic heterocycles. The Labute approximate surface area is 185 Å². The quantitative estimate of drug-likeness (QED) is 0.555. The Morgan fingerprint density at radius 2 is 2.03 bits per heavy atom. The van der Waals surface area contributed by atoms with E-state index in [1.807, 2.05) is 6.92 Å². The van der Waals surface area contributed by atoms with Crippen molar-refractivity contribution in [2.45, 2.75) is 20.1 Å². The van der Waals surface area contributed by atoms with Crippen LogP contribution in [0.25, 0.3) is 11.1 Å². The molecule has 0 aliphatic carbocycles. The van der Waals surface area contributed by atoms with Gasteiger partial charge in [0.1, 0.15) is 23.9 Å². The number of nitrogens with zero attached hydrogens (tertiary/aromatic N) is 2. The molecule has 0 saturated heterocycles. The number of ether oxygens (including phenoxy) is 2. The van der Waals surface area contributed by atoms with Crippen LogP contribution in [0.5, 0.6) is 11.5 Å². The molecule has 164 valence electrons. The molecule has 0 fully saturated rings. The highest BCUT2D eigenvalue weighted by molar-refractivity contribution is 5.74. The van der Waals surface area contributed by atoms with Crippen LogP contribution in [-0.4, -0.2) is 24.7 Å². The number of pyridine rings is 1. The molecule has 2 N–H and O–H groups in total. The van der Waals surface area contributed by atoms with Crippen molar-refractivity contribution in [1.82, 2.24) is 15.6 Å². The first-order chi connectivity index (χ1) is 15.5. The molecular formula is C24H23FN4O3. The fraction of sp³-hybridized carbons (Fsp3) is 0.208. The number of hydrogen-bond acceptors (Lipinski definition) is 5. The van der Waals surface area contributed by atoms with E-state index in [4.69, 9.17) is 14.7 Å². The molecule has 0 radical (unpaired) electrons. The van der Waals surface area contributed by atoms with Gasteiger partial charge in [0.05, 0.1) is 36.5 Å². The van der Waals surface area contributed by atoms with E-state index in [0.29, 0.717) is 40.4 Å². The Morgan fingerprint density at radius 3 is 2.78 bits per heavy atom. The van der Waals surface area contributed by atoms with Crippen LogP contribution in [-0.2, 0) is 13.2 Å². The molecule has 0 saturated carbocycles. The maximum absolute atomic E-state index is 15.4. The highest BCUT2D eigenvalue weighted by atomic mass is 19.1. The SMILES string of the molecule is CCNC(=O)NCc1cc(OCc2ccc(OC)c(-c3cccc(C#N)c3)c2F)ccn1. The minimum Gasteiger partial charge on any atom is -0.496 e. The maximum Gasteiger partial charge on any atom is 0.315 e. The zero-order valence-corrected chi connectivity index (χ0v) is 17.8. The van der Waals surface area contributed by atoms with Gasteiger partial charge in [-0.25, -0.2) is 9.18 Å². The highest BCUT2D eigenvalue weighted by Gasteiger charge is 2.17. The number of rotatable bonds is 8. The van der Waals surface area contributed by atoms with Gasteiger partial charge in [0, 0.05) is 24.4 Å². The van der Waals surface area contributed by atoms with Crippen LogP contribution in [0, 0.1) is 17.1 Å². The molecule has 0 bridgehead atoms. The normalized spacial score (nSPS) is 10.2. The van der Waals surface area contributed by atoms with Gasteiger partial charge < -0.3 is 20.1 Å². The number of hydrogen-bond donors (Lipinski definition) is 2. The van der Waals surface area contributed by atoms with Crippen LogP contribution >= 0.6 is 0 Å². The number of amides is 2. The predicted molar refractivity (Wildman–Crippen MR) is 118 cm³/mol. The minimum atomic E-state index is -0.480. The van der Waals surface area contributed by atoms with Gasteiger partial charge >= 0.3 is 6.03 Å². The minimum absolute atomic E-state index is 0.0199. The van der Waals surface area contributed by atoms with Gasteiger partial charge in [-0.1, -0.05) is 12.1 Å². The first kappa shape index (κ1) is 22.6. The van der Waals surface area contributed by atoms with Crippen molar-refractivity contribution in [3.05, 3.63) is 77.4 Å². The topological polar surface area (TPSA) is 96.3 Å². The molecule has 0 atom stereocenters. The molecule has 3 aromatic rings. The number of urea groups is 1. The van der Waals surface area contributed by atoms with E-state index in [9.17, 15) is 4.79 Å². The van der Waals surface area contributed by atoms with Crippen molar-refractivity contribution in [2.75, 3.05) is 13.7 Å². The van der Waals surface area contributed by atoms with E-state index < -0.39 is 5.82 Å². The number of nitrogens with one attached hydrogen (secondary N) is 2. The van der Waals surface area contributed by atoms with E-state index in [2.05, 4.69) is 21.7 Å². The highest BCUT2D eigenvalue weighted by Crippen LogP contribution is 2.35. The van der Waals surface area contributed by atoms with Crippen LogP contribution in [0.15, 0.2) is 54.7 Å². The number of aromatic nitrogens is 1. The van der Waals surface area contributed by atoms with Crippen LogP contribution < -0.4 is 20.1 Å². The van der Waals surface area contributed by atoms with E-state index in [-0.39, 0.29) is 24.7 Å². The summed E-state index contributed by atoms with van der Waals surface area (Å²) in [6, 6.07) is 15.1. The van der Waals surface area contributed by atoms with Gasteiger partial charge in [-0.2, -0.15) is 5.26 Å². The lowest BCUT2D eigenvalue weighted by atomic mass is 9.99. The largest absolute Gasteiger partial charge is 0.496 e. The third-order valence-electron chi connectivity index (χ3n) is 4.63. The van der Waals surface area contributed by atoms with E-state index in [1.165, 1.54) is 7.11 Å². The van der Waals surface area contributed by atoms with Crippen molar-refractivity contribution in [2.24, 2.45) is 0 Å². The molecule has 2 aromatic carbocycles. The fourth-order valence-corrected chi connectivity index (χ4v) is 3.09. The molecule has 7 nitrogen and oxygen atoms in total. The maximum atomic E-state index is 15.4. The molecular weight excluding hydrogens is 411 g/mol. The average Bonchev–Trinajstić information content (AvgIpc) is 2.82. The van der Waals surface area contributed by atoms with Crippen LogP contribution in [0.2, 0.25) is 0 Å². The van der Waals surface area contributed by atoms with Crippen molar-refractivity contribution >= 4 is 6.03 Å². The Bertz CT molecular complexity index is 1140. The van der Waals surface area contributed by atoms with Crippen LogP contribution in [0.4, 0.5) is 9.18 Å². The van der Waals surface area contributed by atoms with Gasteiger partial charge in [-0.15, -0.1) is 0 Å². The van der Waals surface area contributed by atoms with Crippen molar-refractivity contribution < 1.29 is 18.7 Å². The summed E-state index contributed by atoms with van der Waals surface area (Å²) in [6.45, 7) is 2.57. The Hall–Kier alpha value is -4.12. The summed E-state index contributed by atoms with van der Waals surface area (Å²) in [4.78, 5) is 15.7. The third-order valence-corrected chi connectivity index (χ3v) is 4.63. The molecule has 2 amide bonds. The Balaban J connectivity index is 1.78. The third kappa shape index (κ3) is 5.52. The summed E-state index contributed by atoms with van der Waals surface area (Å²) in [5.74, 6) is 0.381. The number of methoxy groups -OCH3 is 1. The number of nitriles is 1. The second-order valence-corrected chi connectivity index (χ2v) is 6.79. The van der Waals surface area contributed by atoms with E-state index in [0.717, 1.165) is 0 Å². The van der Waals surface area contributed by atoms with Gasteiger partial charge in [0.25, 0.3) is 0 Å². The van der Waals surface area contributed by atoms with E-state index in [1.54, 1.807) is 54.7 Å². The fourth-order valence-electron chi connectivity index (χ4n) is 3.09. The lowest BCUT2D eigenvalue weighted by molar-refractivity contribution is 0.241. The zero-order valence-electron chi connectivity index (χ0n) is 17.8. The second-order valence-electron chi connectivity index (χ2n) is 6.79. The molecule has 3 rings (SSSR count). The smallest absolute Gasteiger partial charge is 0.315 e. The lowest BCUT2D eigenvalue weighted by Crippen LogP contribution is -2.34. The predicted octanol–water partition coefficient (Wildman–Crippen LogP) is 4.17. The van der Waals surface area contributed by atoms with Crippen LogP contribution in [0.3, 0.4) is 0 Å². The Kier molecular flexibility index (Phi) is 7.60. The summed E-state index contributed by atoms with van der Waals surface area (Å²) in [6.07, 6.45) is 1.56. The summed E-state index contributed by atoms with van der Waals surface area (Å²) in [5, 5.41) is 14.5. The number of carbonyl (C=O) groups is 1. The van der Waals surface area contributed by atoms with Crippen molar-refractivity contribution in [1.29, 1.82) is 5.26 Å². The second kappa shape index (κ2) is 10.8. The average molecular weight is 434 g/mol. The first-order valence-corrected chi connectivity index (χ1v) is 10.0. The number of carbonyl (C=O) groups excluding carboxylic acids is 1. The van der Waals surface area contributed by atoms with Crippen LogP contribution in [0.1, 0.15) is 23.7 Å². The van der Waals surface area contributed by atoms with Gasteiger partial charge in [0.2, 0.25) is 0 Å². The summed E-state index contributed by atoms with van der Waals surface area (Å²) in [5.41, 5.74) is 2.19. The molecule has 8 heteroatoms. The van der Waals surface area contributed by atoms with E-state index >= 15 is 4.39 Å². The first-order valence-electron chi connectivity index (χ1n) is 10.0. The Morgan fingerprint density at radius 1 is 1.19 bits per heavy atom. The molecule has 0 unspecified atom stereocenters. The lowest BCUT2D eigenvalue weighted by Gasteiger charge is -2.14. The van der Waals surface area contributed by atoms with Gasteiger partial charge in [0.15, 0.2) is 0 Å². The molecule has 1 aromatic heterocycles. The number of benzene rings is 2. The molecule has 1 heterocycles. The van der Waals surface area contributed by atoms with Crippen molar-refractivity contribution in [3.8, 4) is 28.7 Å². The van der Waals surface area contributed by atoms with Crippen molar-refractivity contribution in [3.63, 3.8) is 0 Å². The van der Waals surface area contributed by atoms with Gasteiger partial charge in [-0.3, -0.25) is 4.98 Å². The summed E-state index contributed by atoms with van der Waals surface area (Å²) < 4.78 is 26.5. The monoisotopic (exact) mass is 434 g/mol. The standard InChI is InChI=1S/C24H23FN4O3/c1-3-27-24(30)29-14-19-12-20(9-10-28-19)32-15-18-7-8-21(31-2)22(23(18)25)17-6-4-5-16(11-17)13-26/h4-12H,3,14-15H2,1-2H3,(H2,27,29,30). The molecule has 0 spiro atoms. The van der Waals surface area contributed by atoms with Gasteiger partial charge in [-0.05, 0) is 42.8 Å². The summed E-state index contributed by atoms with van der Waals surface area (Å²) >= 11 is 0.